The Balaban J connectivity index is 1.41. The molecule has 0 radical (unpaired) electrons. The van der Waals surface area contributed by atoms with Crippen LogP contribution >= 0.6 is 0 Å². The Hall–Kier alpha value is -3.81. The largest absolute Gasteiger partial charge is 0.493 e. The van der Waals surface area contributed by atoms with Gasteiger partial charge in [-0.3, -0.25) is 14.5 Å². The number of methoxy groups -OCH3 is 3. The maximum Gasteiger partial charge on any atom is 0.244 e. The molecule has 1 aliphatic rings. The van der Waals surface area contributed by atoms with Gasteiger partial charge in [-0.2, -0.15) is 5.10 Å². The molecule has 2 aromatic heterocycles. The summed E-state index contributed by atoms with van der Waals surface area (Å²) in [6, 6.07) is 7.58. The molecule has 2 heterocycles. The van der Waals surface area contributed by atoms with Crippen molar-refractivity contribution in [3.8, 4) is 28.5 Å². The highest BCUT2D eigenvalue weighted by molar-refractivity contribution is 5.91. The summed E-state index contributed by atoms with van der Waals surface area (Å²) in [4.78, 5) is 16.5. The SMILES string of the molecule is COc1cc(/C=C/C(=O)NCCn2nc(-c3ccncc3)c3c2CCCC3)cc(OC)c1OC. The smallest absolute Gasteiger partial charge is 0.244 e. The first-order chi connectivity index (χ1) is 16.6. The van der Waals surface area contributed by atoms with E-state index in [1.165, 1.54) is 30.2 Å². The summed E-state index contributed by atoms with van der Waals surface area (Å²) in [5.41, 5.74) is 5.49. The number of nitrogens with one attached hydrogen (secondary N) is 1. The normalized spacial score (nSPS) is 12.9. The fourth-order valence-corrected chi connectivity index (χ4v) is 4.31. The molecule has 8 heteroatoms. The van der Waals surface area contributed by atoms with Gasteiger partial charge in [-0.1, -0.05) is 0 Å². The minimum atomic E-state index is -0.177. The van der Waals surface area contributed by atoms with Gasteiger partial charge in [-0.05, 0) is 61.6 Å². The summed E-state index contributed by atoms with van der Waals surface area (Å²) in [6.45, 7) is 1.11. The minimum absolute atomic E-state index is 0.177. The molecular weight excluding hydrogens is 432 g/mol. The molecule has 0 bridgehead atoms. The third-order valence-electron chi connectivity index (χ3n) is 5.95. The number of nitrogens with zero attached hydrogens (tertiary/aromatic N) is 3. The molecule has 8 nitrogen and oxygen atoms in total. The molecule has 0 saturated carbocycles. The Morgan fingerprint density at radius 1 is 1.06 bits per heavy atom. The van der Waals surface area contributed by atoms with E-state index in [9.17, 15) is 4.79 Å². The number of amides is 1. The fraction of sp³-hybridized carbons (Fsp3) is 0.346. The monoisotopic (exact) mass is 462 g/mol. The van der Waals surface area contributed by atoms with Gasteiger partial charge in [0.05, 0.1) is 33.6 Å². The Morgan fingerprint density at radius 2 is 1.76 bits per heavy atom. The number of ether oxygens (including phenoxy) is 3. The summed E-state index contributed by atoms with van der Waals surface area (Å²) < 4.78 is 18.1. The lowest BCUT2D eigenvalue weighted by molar-refractivity contribution is -0.116. The second-order valence-electron chi connectivity index (χ2n) is 8.02. The Kier molecular flexibility index (Phi) is 7.47. The second-order valence-corrected chi connectivity index (χ2v) is 8.02. The number of carbonyl (C=O) groups is 1. The first kappa shape index (κ1) is 23.4. The van der Waals surface area contributed by atoms with E-state index in [1.54, 1.807) is 51.9 Å². The molecular formula is C26H30N4O4. The van der Waals surface area contributed by atoms with Crippen molar-refractivity contribution < 1.29 is 19.0 Å². The van der Waals surface area contributed by atoms with Gasteiger partial charge < -0.3 is 19.5 Å². The zero-order chi connectivity index (χ0) is 23.9. The lowest BCUT2D eigenvalue weighted by Gasteiger charge is -2.14. The number of benzene rings is 1. The number of hydrogen-bond acceptors (Lipinski definition) is 6. The van der Waals surface area contributed by atoms with Gasteiger partial charge in [-0.15, -0.1) is 0 Å². The Morgan fingerprint density at radius 3 is 2.44 bits per heavy atom. The molecule has 178 valence electrons. The van der Waals surface area contributed by atoms with Crippen molar-refractivity contribution in [2.24, 2.45) is 0 Å². The Labute approximate surface area is 199 Å². The summed E-state index contributed by atoms with van der Waals surface area (Å²) in [5, 5.41) is 7.84. The summed E-state index contributed by atoms with van der Waals surface area (Å²) in [7, 11) is 4.68. The predicted molar refractivity (Wildman–Crippen MR) is 130 cm³/mol. The molecule has 1 amide bonds. The van der Waals surface area contributed by atoms with Crippen molar-refractivity contribution in [2.75, 3.05) is 27.9 Å². The van der Waals surface area contributed by atoms with E-state index < -0.39 is 0 Å². The van der Waals surface area contributed by atoms with Crippen LogP contribution in [-0.2, 0) is 24.2 Å². The van der Waals surface area contributed by atoms with Crippen LogP contribution in [0.15, 0.2) is 42.7 Å². The molecule has 1 aromatic carbocycles. The van der Waals surface area contributed by atoms with Gasteiger partial charge >= 0.3 is 0 Å². The van der Waals surface area contributed by atoms with E-state index in [2.05, 4.69) is 10.3 Å². The molecule has 0 saturated heterocycles. The van der Waals surface area contributed by atoms with Crippen LogP contribution < -0.4 is 19.5 Å². The maximum atomic E-state index is 12.4. The molecule has 0 atom stereocenters. The van der Waals surface area contributed by atoms with Crippen molar-refractivity contribution in [2.45, 2.75) is 32.2 Å². The van der Waals surface area contributed by atoms with Crippen LogP contribution in [0.3, 0.4) is 0 Å². The van der Waals surface area contributed by atoms with Crippen LogP contribution in [0.25, 0.3) is 17.3 Å². The highest BCUT2D eigenvalue weighted by atomic mass is 16.5. The second kappa shape index (κ2) is 10.9. The number of rotatable bonds is 9. The van der Waals surface area contributed by atoms with Crippen molar-refractivity contribution >= 4 is 12.0 Å². The maximum absolute atomic E-state index is 12.4. The third kappa shape index (κ3) is 5.06. The highest BCUT2D eigenvalue weighted by Crippen LogP contribution is 2.38. The molecule has 1 N–H and O–H groups in total. The summed E-state index contributed by atoms with van der Waals surface area (Å²) in [5.74, 6) is 1.41. The van der Waals surface area contributed by atoms with Crippen LogP contribution in [0.1, 0.15) is 29.7 Å². The van der Waals surface area contributed by atoms with E-state index in [-0.39, 0.29) is 5.91 Å². The lowest BCUT2D eigenvalue weighted by atomic mass is 9.94. The molecule has 0 spiro atoms. The standard InChI is InChI=1S/C26H30N4O4/c1-32-22-16-18(17-23(33-2)26(22)34-3)8-9-24(31)28-14-15-30-21-7-5-4-6-20(21)25(29-30)19-10-12-27-13-11-19/h8-13,16-17H,4-7,14-15H2,1-3H3,(H,28,31)/b9-8+. The number of aromatic nitrogens is 3. The quantitative estimate of drug-likeness (QED) is 0.488. The van der Waals surface area contributed by atoms with Crippen LogP contribution in [0.2, 0.25) is 0 Å². The lowest BCUT2D eigenvalue weighted by Crippen LogP contribution is -2.26. The van der Waals surface area contributed by atoms with E-state index in [4.69, 9.17) is 19.3 Å². The van der Waals surface area contributed by atoms with Crippen molar-refractivity contribution in [1.29, 1.82) is 0 Å². The fourth-order valence-electron chi connectivity index (χ4n) is 4.31. The molecule has 0 unspecified atom stereocenters. The molecule has 0 aliphatic heterocycles. The van der Waals surface area contributed by atoms with Crippen molar-refractivity contribution in [3.05, 3.63) is 59.6 Å². The number of carbonyl (C=O) groups excluding carboxylic acids is 1. The highest BCUT2D eigenvalue weighted by Gasteiger charge is 2.21. The summed E-state index contributed by atoms with van der Waals surface area (Å²) >= 11 is 0. The topological polar surface area (TPSA) is 87.5 Å². The van der Waals surface area contributed by atoms with Crippen LogP contribution in [0.4, 0.5) is 0 Å². The predicted octanol–water partition coefficient (Wildman–Crippen LogP) is 3.68. The van der Waals surface area contributed by atoms with E-state index >= 15 is 0 Å². The first-order valence-corrected chi connectivity index (χ1v) is 11.4. The van der Waals surface area contributed by atoms with Gasteiger partial charge in [0, 0.05) is 41.8 Å². The summed E-state index contributed by atoms with van der Waals surface area (Å²) in [6.07, 6.45) is 11.2. The number of hydrogen-bond donors (Lipinski definition) is 1. The van der Waals surface area contributed by atoms with Crippen LogP contribution in [-0.4, -0.2) is 48.5 Å². The van der Waals surface area contributed by atoms with Gasteiger partial charge in [0.2, 0.25) is 11.7 Å². The van der Waals surface area contributed by atoms with E-state index in [1.807, 2.05) is 16.8 Å². The van der Waals surface area contributed by atoms with E-state index in [0.29, 0.717) is 30.3 Å². The van der Waals surface area contributed by atoms with Crippen LogP contribution in [0.5, 0.6) is 17.2 Å². The number of fused-ring (bicyclic) bond motifs is 1. The average molecular weight is 463 g/mol. The zero-order valence-corrected chi connectivity index (χ0v) is 19.8. The molecule has 34 heavy (non-hydrogen) atoms. The van der Waals surface area contributed by atoms with Gasteiger partial charge in [-0.25, -0.2) is 0 Å². The van der Waals surface area contributed by atoms with Crippen LogP contribution in [0, 0.1) is 0 Å². The van der Waals surface area contributed by atoms with Gasteiger partial charge in [0.1, 0.15) is 0 Å². The van der Waals surface area contributed by atoms with Crippen molar-refractivity contribution in [3.63, 3.8) is 0 Å². The molecule has 1 aliphatic carbocycles. The number of pyridine rings is 1. The minimum Gasteiger partial charge on any atom is -0.493 e. The average Bonchev–Trinajstić information content (AvgIpc) is 3.26. The molecule has 3 aromatic rings. The zero-order valence-electron chi connectivity index (χ0n) is 19.8. The third-order valence-corrected chi connectivity index (χ3v) is 5.95. The van der Waals surface area contributed by atoms with Crippen molar-refractivity contribution in [1.82, 2.24) is 20.1 Å². The molecule has 0 fully saturated rings. The van der Waals surface area contributed by atoms with E-state index in [0.717, 1.165) is 29.7 Å². The molecule has 4 rings (SSSR count). The van der Waals surface area contributed by atoms with Gasteiger partial charge in [0.15, 0.2) is 11.5 Å². The first-order valence-electron chi connectivity index (χ1n) is 11.4. The Bertz CT molecular complexity index is 1150. The van der Waals surface area contributed by atoms with Gasteiger partial charge in [0.25, 0.3) is 0 Å².